The average molecular weight is 384 g/mol. The van der Waals surface area contributed by atoms with Gasteiger partial charge in [-0.25, -0.2) is 0 Å². The molecule has 0 amide bonds. The molecule has 1 aliphatic rings. The Bertz CT molecular complexity index is 1020. The summed E-state index contributed by atoms with van der Waals surface area (Å²) in [4.78, 5) is 0.142. The zero-order valence-electron chi connectivity index (χ0n) is 14.7. The van der Waals surface area contributed by atoms with Crippen LogP contribution in [0.3, 0.4) is 0 Å². The Hall–Kier alpha value is -2.25. The smallest absolute Gasteiger partial charge is 0.296 e. The summed E-state index contributed by atoms with van der Waals surface area (Å²) in [7, 11) is -3.86. The first kappa shape index (κ1) is 18.1. The minimum absolute atomic E-state index is 0.0376. The molecule has 0 spiro atoms. The van der Waals surface area contributed by atoms with Crippen molar-refractivity contribution < 1.29 is 22.1 Å². The molecule has 0 bridgehead atoms. The summed E-state index contributed by atoms with van der Waals surface area (Å²) >= 11 is 0. The summed E-state index contributed by atoms with van der Waals surface area (Å²) in [6, 6.07) is 22.1. The van der Waals surface area contributed by atoms with Crippen LogP contribution in [0.1, 0.15) is 12.0 Å². The van der Waals surface area contributed by atoms with Crippen molar-refractivity contribution in [3.8, 4) is 0 Å². The van der Waals surface area contributed by atoms with Gasteiger partial charge in [-0.1, -0.05) is 60.7 Å². The molecule has 1 fully saturated rings. The van der Waals surface area contributed by atoms with E-state index >= 15 is 0 Å². The monoisotopic (exact) mass is 384 g/mol. The largest absolute Gasteiger partial charge is 0.343 e. The van der Waals surface area contributed by atoms with Gasteiger partial charge in [0, 0.05) is 12.0 Å². The van der Waals surface area contributed by atoms with Gasteiger partial charge >= 0.3 is 0 Å². The molecule has 140 valence electrons. The summed E-state index contributed by atoms with van der Waals surface area (Å²) in [5.41, 5.74) is 0.856. The minimum Gasteiger partial charge on any atom is -0.343 e. The van der Waals surface area contributed by atoms with Crippen LogP contribution < -0.4 is 0 Å². The normalized spacial score (nSPS) is 16.6. The molecule has 0 radical (unpaired) electrons. The Morgan fingerprint density at radius 2 is 1.52 bits per heavy atom. The topological polar surface area (TPSA) is 61.8 Å². The van der Waals surface area contributed by atoms with E-state index in [1.165, 1.54) is 0 Å². The number of fused-ring (bicyclic) bond motifs is 1. The fraction of sp³-hybridized carbons (Fsp3) is 0.238. The maximum absolute atomic E-state index is 12.6. The Kier molecular flexibility index (Phi) is 4.97. The van der Waals surface area contributed by atoms with Crippen LogP contribution in [0.15, 0.2) is 77.7 Å². The molecule has 1 aliphatic heterocycles. The second-order valence-corrected chi connectivity index (χ2v) is 7.97. The molecule has 0 aromatic heterocycles. The highest BCUT2D eigenvalue weighted by Crippen LogP contribution is 2.35. The molecule has 1 saturated heterocycles. The molecular formula is C21H20O5S. The van der Waals surface area contributed by atoms with Crippen LogP contribution in [0.25, 0.3) is 10.8 Å². The number of rotatable bonds is 6. The van der Waals surface area contributed by atoms with Crippen LogP contribution in [0, 0.1) is 0 Å². The van der Waals surface area contributed by atoms with Crippen LogP contribution in [0.2, 0.25) is 0 Å². The van der Waals surface area contributed by atoms with Crippen LogP contribution in [-0.4, -0.2) is 28.2 Å². The van der Waals surface area contributed by atoms with Gasteiger partial charge in [0.15, 0.2) is 5.79 Å². The Balaban J connectivity index is 1.49. The molecule has 0 aliphatic carbocycles. The van der Waals surface area contributed by atoms with Gasteiger partial charge in [-0.2, -0.15) is 8.42 Å². The van der Waals surface area contributed by atoms with E-state index in [-0.39, 0.29) is 17.9 Å². The molecule has 4 rings (SSSR count). The standard InChI is InChI=1S/C21H20O5S/c22-27(23,20-11-10-17-6-4-5-7-18(17)16-20)26-13-12-21(24-14-15-25-21)19-8-2-1-3-9-19/h1-11,16H,12-15H2. The average Bonchev–Trinajstić information content (AvgIpc) is 3.18. The van der Waals surface area contributed by atoms with Crippen molar-refractivity contribution >= 4 is 20.9 Å². The Morgan fingerprint density at radius 1 is 0.852 bits per heavy atom. The maximum Gasteiger partial charge on any atom is 0.296 e. The van der Waals surface area contributed by atoms with Crippen molar-refractivity contribution in [2.24, 2.45) is 0 Å². The van der Waals surface area contributed by atoms with E-state index in [4.69, 9.17) is 13.7 Å². The highest BCUT2D eigenvalue weighted by atomic mass is 32.2. The minimum atomic E-state index is -3.86. The summed E-state index contributed by atoms with van der Waals surface area (Å²) in [6.07, 6.45) is 0.282. The predicted octanol–water partition coefficient (Wildman–Crippen LogP) is 3.84. The number of hydrogen-bond acceptors (Lipinski definition) is 5. The van der Waals surface area contributed by atoms with Gasteiger partial charge in [0.05, 0.1) is 24.7 Å². The Morgan fingerprint density at radius 3 is 2.26 bits per heavy atom. The van der Waals surface area contributed by atoms with Gasteiger partial charge < -0.3 is 9.47 Å². The number of benzene rings is 3. The zero-order chi connectivity index (χ0) is 18.7. The third kappa shape index (κ3) is 3.75. The molecule has 0 N–H and O–H groups in total. The van der Waals surface area contributed by atoms with Gasteiger partial charge in [-0.3, -0.25) is 4.18 Å². The fourth-order valence-electron chi connectivity index (χ4n) is 3.28. The van der Waals surface area contributed by atoms with Crippen molar-refractivity contribution in [3.05, 3.63) is 78.4 Å². The van der Waals surface area contributed by atoms with E-state index in [9.17, 15) is 8.42 Å². The van der Waals surface area contributed by atoms with Gasteiger partial charge in [-0.05, 0) is 22.9 Å². The van der Waals surface area contributed by atoms with Gasteiger partial charge in [0.2, 0.25) is 0 Å². The van der Waals surface area contributed by atoms with Gasteiger partial charge in [0.1, 0.15) is 0 Å². The molecule has 27 heavy (non-hydrogen) atoms. The van der Waals surface area contributed by atoms with Crippen LogP contribution in [0.5, 0.6) is 0 Å². The summed E-state index contributed by atoms with van der Waals surface area (Å²) in [5, 5.41) is 1.83. The van der Waals surface area contributed by atoms with E-state index in [1.807, 2.05) is 54.6 Å². The third-order valence-electron chi connectivity index (χ3n) is 4.65. The quantitative estimate of drug-likeness (QED) is 0.605. The molecule has 3 aromatic rings. The molecular weight excluding hydrogens is 364 g/mol. The second-order valence-electron chi connectivity index (χ2n) is 6.35. The zero-order valence-corrected chi connectivity index (χ0v) is 15.5. The highest BCUT2D eigenvalue weighted by Gasteiger charge is 2.38. The highest BCUT2D eigenvalue weighted by molar-refractivity contribution is 7.86. The molecule has 0 atom stereocenters. The van der Waals surface area contributed by atoms with E-state index < -0.39 is 15.9 Å². The molecule has 3 aromatic carbocycles. The third-order valence-corrected chi connectivity index (χ3v) is 5.95. The van der Waals surface area contributed by atoms with Crippen LogP contribution in [0.4, 0.5) is 0 Å². The number of ether oxygens (including phenoxy) is 2. The van der Waals surface area contributed by atoms with Crippen LogP contribution in [-0.2, 0) is 29.6 Å². The lowest BCUT2D eigenvalue weighted by atomic mass is 10.0. The second kappa shape index (κ2) is 7.40. The fourth-order valence-corrected chi connectivity index (χ4v) is 4.22. The lowest BCUT2D eigenvalue weighted by Crippen LogP contribution is -2.29. The van der Waals surface area contributed by atoms with Crippen LogP contribution >= 0.6 is 0 Å². The van der Waals surface area contributed by atoms with E-state index in [0.29, 0.717) is 13.2 Å². The molecule has 0 saturated carbocycles. The van der Waals surface area contributed by atoms with Crippen molar-refractivity contribution in [3.63, 3.8) is 0 Å². The molecule has 1 heterocycles. The molecule has 0 unspecified atom stereocenters. The lowest BCUT2D eigenvalue weighted by Gasteiger charge is -2.27. The van der Waals surface area contributed by atoms with Crippen molar-refractivity contribution in [2.45, 2.75) is 17.1 Å². The summed E-state index contributed by atoms with van der Waals surface area (Å²) < 4.78 is 42.1. The first-order valence-electron chi connectivity index (χ1n) is 8.81. The van der Waals surface area contributed by atoms with E-state index in [1.54, 1.807) is 18.2 Å². The van der Waals surface area contributed by atoms with Crippen molar-refractivity contribution in [1.29, 1.82) is 0 Å². The maximum atomic E-state index is 12.6. The first-order chi connectivity index (χ1) is 13.1. The predicted molar refractivity (Wildman–Crippen MR) is 102 cm³/mol. The Labute approximate surface area is 158 Å². The summed E-state index contributed by atoms with van der Waals surface area (Å²) in [5.74, 6) is -0.958. The van der Waals surface area contributed by atoms with E-state index in [2.05, 4.69) is 0 Å². The molecule has 6 heteroatoms. The summed E-state index contributed by atoms with van der Waals surface area (Å²) in [6.45, 7) is 0.892. The van der Waals surface area contributed by atoms with Gasteiger partial charge in [0.25, 0.3) is 10.1 Å². The first-order valence-corrected chi connectivity index (χ1v) is 10.2. The SMILES string of the molecule is O=S(=O)(OCCC1(c2ccccc2)OCCO1)c1ccc2ccccc2c1. The van der Waals surface area contributed by atoms with Crippen molar-refractivity contribution in [1.82, 2.24) is 0 Å². The van der Waals surface area contributed by atoms with Gasteiger partial charge in [-0.15, -0.1) is 0 Å². The molecule has 5 nitrogen and oxygen atoms in total. The lowest BCUT2D eigenvalue weighted by molar-refractivity contribution is -0.174. The van der Waals surface area contributed by atoms with Crippen molar-refractivity contribution in [2.75, 3.05) is 19.8 Å². The van der Waals surface area contributed by atoms with E-state index in [0.717, 1.165) is 16.3 Å². The number of hydrogen-bond donors (Lipinski definition) is 0.